The van der Waals surface area contributed by atoms with E-state index in [1.165, 1.54) is 27.7 Å². The second kappa shape index (κ2) is 7.03. The average molecular weight is 357 g/mol. The maximum atomic E-state index is 12.3. The fourth-order valence-electron chi connectivity index (χ4n) is 3.53. The summed E-state index contributed by atoms with van der Waals surface area (Å²) in [5, 5.41) is 30.3. The molecule has 2 aliphatic heterocycles. The van der Waals surface area contributed by atoms with Gasteiger partial charge in [0.25, 0.3) is 0 Å². The molecule has 8 heteroatoms. The molecule has 2 aliphatic rings. The van der Waals surface area contributed by atoms with Crippen LogP contribution in [0.2, 0.25) is 0 Å². The minimum Gasteiger partial charge on any atom is -0.460 e. The lowest BCUT2D eigenvalue weighted by Gasteiger charge is -2.38. The third kappa shape index (κ3) is 3.72. The highest BCUT2D eigenvalue weighted by Gasteiger charge is 2.54. The van der Waals surface area contributed by atoms with Crippen LogP contribution >= 0.6 is 0 Å². The van der Waals surface area contributed by atoms with Crippen molar-refractivity contribution < 1.29 is 34.4 Å². The van der Waals surface area contributed by atoms with Crippen LogP contribution in [-0.2, 0) is 19.1 Å². The van der Waals surface area contributed by atoms with Gasteiger partial charge in [0, 0.05) is 20.0 Å². The normalized spacial score (nSPS) is 27.2. The highest BCUT2D eigenvalue weighted by Crippen LogP contribution is 2.32. The Labute approximate surface area is 147 Å². The van der Waals surface area contributed by atoms with Crippen molar-refractivity contribution in [2.45, 2.75) is 63.6 Å². The number of esters is 2. The highest BCUT2D eigenvalue weighted by atomic mass is 16.6. The van der Waals surface area contributed by atoms with E-state index in [0.29, 0.717) is 13.0 Å². The SMILES string of the molecule is CC(=O)O[C@@H]1CCN2CC=C(COC(=O)C(O)([C@@H](C)O)C(C)(C)O)[C@H]12. The zero-order valence-corrected chi connectivity index (χ0v) is 15.1. The first kappa shape index (κ1) is 19.8. The number of fused-ring (bicyclic) bond motifs is 1. The highest BCUT2D eigenvalue weighted by molar-refractivity contribution is 5.82. The molecule has 0 amide bonds. The summed E-state index contributed by atoms with van der Waals surface area (Å²) in [6, 6.07) is -0.154. The third-order valence-electron chi connectivity index (χ3n) is 4.95. The van der Waals surface area contributed by atoms with Gasteiger partial charge in [0.2, 0.25) is 5.60 Å². The number of rotatable bonds is 6. The summed E-state index contributed by atoms with van der Waals surface area (Å²) in [4.78, 5) is 25.7. The molecular weight excluding hydrogens is 330 g/mol. The summed E-state index contributed by atoms with van der Waals surface area (Å²) in [5.74, 6) is -1.46. The first-order chi connectivity index (χ1) is 11.5. The first-order valence-corrected chi connectivity index (χ1v) is 8.38. The van der Waals surface area contributed by atoms with Crippen molar-refractivity contribution >= 4 is 11.9 Å². The Bertz CT molecular complexity index is 566. The van der Waals surface area contributed by atoms with Crippen molar-refractivity contribution in [3.63, 3.8) is 0 Å². The van der Waals surface area contributed by atoms with Gasteiger partial charge < -0.3 is 24.8 Å². The van der Waals surface area contributed by atoms with Gasteiger partial charge in [-0.15, -0.1) is 0 Å². The Hall–Kier alpha value is -1.48. The molecule has 0 aromatic rings. The molecule has 2 heterocycles. The van der Waals surface area contributed by atoms with E-state index in [1.54, 1.807) is 0 Å². The number of aliphatic hydroxyl groups is 3. The summed E-state index contributed by atoms with van der Waals surface area (Å²) < 4.78 is 10.5. The molecule has 3 N–H and O–H groups in total. The molecule has 25 heavy (non-hydrogen) atoms. The lowest BCUT2D eigenvalue weighted by Crippen LogP contribution is -2.63. The number of ether oxygens (including phenoxy) is 2. The molecular formula is C17H27NO7. The Morgan fingerprint density at radius 2 is 2.04 bits per heavy atom. The smallest absolute Gasteiger partial charge is 0.344 e. The molecule has 0 aromatic carbocycles. The van der Waals surface area contributed by atoms with Gasteiger partial charge >= 0.3 is 11.9 Å². The average Bonchev–Trinajstić information content (AvgIpc) is 3.05. The molecule has 0 radical (unpaired) electrons. The van der Waals surface area contributed by atoms with Gasteiger partial charge in [-0.3, -0.25) is 9.69 Å². The standard InChI is InChI=1S/C17H27NO7/c1-10(19)17(23,16(3,4)22)15(21)24-9-12-5-7-18-8-6-13(14(12)18)25-11(2)20/h5,10,13-14,19,22-23H,6-9H2,1-4H3/t10-,13-,14-,17?/m1/s1. The fourth-order valence-corrected chi connectivity index (χ4v) is 3.53. The second-order valence-corrected chi connectivity index (χ2v) is 7.23. The first-order valence-electron chi connectivity index (χ1n) is 8.38. The molecule has 0 bridgehead atoms. The molecule has 1 saturated heterocycles. The van der Waals surface area contributed by atoms with Gasteiger partial charge in [-0.2, -0.15) is 0 Å². The summed E-state index contributed by atoms with van der Waals surface area (Å²) in [5.41, 5.74) is -3.56. The molecule has 4 atom stereocenters. The zero-order chi connectivity index (χ0) is 19.0. The van der Waals surface area contributed by atoms with Crippen molar-refractivity contribution in [1.82, 2.24) is 4.90 Å². The Morgan fingerprint density at radius 1 is 1.40 bits per heavy atom. The van der Waals surface area contributed by atoms with Crippen molar-refractivity contribution in [1.29, 1.82) is 0 Å². The summed E-state index contributed by atoms with van der Waals surface area (Å²) in [6.07, 6.45) is 0.792. The number of carbonyl (C=O) groups is 2. The maximum Gasteiger partial charge on any atom is 0.344 e. The maximum absolute atomic E-state index is 12.3. The van der Waals surface area contributed by atoms with Crippen molar-refractivity contribution in [3.8, 4) is 0 Å². The fraction of sp³-hybridized carbons (Fsp3) is 0.765. The molecule has 0 aromatic heterocycles. The van der Waals surface area contributed by atoms with E-state index < -0.39 is 23.3 Å². The van der Waals surface area contributed by atoms with Crippen LogP contribution in [0, 0.1) is 0 Å². The largest absolute Gasteiger partial charge is 0.460 e. The molecule has 0 spiro atoms. The van der Waals surface area contributed by atoms with Gasteiger partial charge in [0.05, 0.1) is 12.1 Å². The monoisotopic (exact) mass is 357 g/mol. The lowest BCUT2D eigenvalue weighted by atomic mass is 9.81. The molecule has 1 fully saturated rings. The van der Waals surface area contributed by atoms with E-state index in [4.69, 9.17) is 9.47 Å². The van der Waals surface area contributed by atoms with Crippen LogP contribution in [0.4, 0.5) is 0 Å². The summed E-state index contributed by atoms with van der Waals surface area (Å²) in [6.45, 7) is 6.36. The summed E-state index contributed by atoms with van der Waals surface area (Å²) >= 11 is 0. The molecule has 2 rings (SSSR count). The van der Waals surface area contributed by atoms with E-state index in [-0.39, 0.29) is 24.7 Å². The van der Waals surface area contributed by atoms with Crippen LogP contribution in [-0.4, -0.2) is 81.3 Å². The second-order valence-electron chi connectivity index (χ2n) is 7.23. The van der Waals surface area contributed by atoms with E-state index in [0.717, 1.165) is 12.1 Å². The van der Waals surface area contributed by atoms with Crippen molar-refractivity contribution in [2.75, 3.05) is 19.7 Å². The number of hydrogen-bond acceptors (Lipinski definition) is 8. The Kier molecular flexibility index (Phi) is 5.58. The van der Waals surface area contributed by atoms with Gasteiger partial charge in [0.15, 0.2) is 0 Å². The molecule has 142 valence electrons. The molecule has 8 nitrogen and oxygen atoms in total. The van der Waals surface area contributed by atoms with Crippen LogP contribution in [0.5, 0.6) is 0 Å². The van der Waals surface area contributed by atoms with Gasteiger partial charge in [0.1, 0.15) is 18.3 Å². The van der Waals surface area contributed by atoms with Crippen LogP contribution in [0.15, 0.2) is 11.6 Å². The van der Waals surface area contributed by atoms with Gasteiger partial charge in [-0.1, -0.05) is 6.08 Å². The minimum atomic E-state index is -2.45. The molecule has 0 saturated carbocycles. The zero-order valence-electron chi connectivity index (χ0n) is 15.1. The topological polar surface area (TPSA) is 117 Å². The summed E-state index contributed by atoms with van der Waals surface area (Å²) in [7, 11) is 0. The third-order valence-corrected chi connectivity index (χ3v) is 4.95. The number of carbonyl (C=O) groups excluding carboxylic acids is 2. The lowest BCUT2D eigenvalue weighted by molar-refractivity contribution is -0.213. The van der Waals surface area contributed by atoms with E-state index >= 15 is 0 Å². The number of hydrogen-bond donors (Lipinski definition) is 3. The van der Waals surface area contributed by atoms with Crippen LogP contribution in [0.1, 0.15) is 34.1 Å². The van der Waals surface area contributed by atoms with E-state index in [9.17, 15) is 24.9 Å². The number of aliphatic hydroxyl groups excluding tert-OH is 1. The van der Waals surface area contributed by atoms with E-state index in [2.05, 4.69) is 4.90 Å². The Balaban J connectivity index is 2.05. The van der Waals surface area contributed by atoms with Crippen LogP contribution < -0.4 is 0 Å². The van der Waals surface area contributed by atoms with E-state index in [1.807, 2.05) is 6.08 Å². The molecule has 1 unspecified atom stereocenters. The van der Waals surface area contributed by atoms with Gasteiger partial charge in [-0.25, -0.2) is 4.79 Å². The molecule has 0 aliphatic carbocycles. The predicted octanol–water partition coefficient (Wildman–Crippen LogP) is -0.642. The number of nitrogens with zero attached hydrogens (tertiary/aromatic N) is 1. The van der Waals surface area contributed by atoms with Crippen LogP contribution in [0.25, 0.3) is 0 Å². The van der Waals surface area contributed by atoms with Crippen molar-refractivity contribution in [2.24, 2.45) is 0 Å². The predicted molar refractivity (Wildman–Crippen MR) is 87.5 cm³/mol. The van der Waals surface area contributed by atoms with Crippen molar-refractivity contribution in [3.05, 3.63) is 11.6 Å². The van der Waals surface area contributed by atoms with Crippen LogP contribution in [0.3, 0.4) is 0 Å². The Morgan fingerprint density at radius 3 is 2.56 bits per heavy atom. The quantitative estimate of drug-likeness (QED) is 0.424. The minimum absolute atomic E-state index is 0.108. The van der Waals surface area contributed by atoms with Gasteiger partial charge in [-0.05, 0) is 32.8 Å².